The van der Waals surface area contributed by atoms with Crippen molar-refractivity contribution in [1.82, 2.24) is 9.78 Å². The molecule has 0 aliphatic heterocycles. The first-order chi connectivity index (χ1) is 8.95. The van der Waals surface area contributed by atoms with E-state index in [0.29, 0.717) is 17.3 Å². The minimum absolute atomic E-state index is 0.475. The smallest absolute Gasteiger partial charge is 0.0624 e. The molecule has 1 aliphatic carbocycles. The molecule has 3 nitrogen and oxygen atoms in total. The van der Waals surface area contributed by atoms with Crippen LogP contribution in [0.4, 0.5) is 0 Å². The lowest BCUT2D eigenvalue weighted by atomic mass is 9.66. The lowest BCUT2D eigenvalue weighted by Crippen LogP contribution is -2.35. The zero-order valence-corrected chi connectivity index (χ0v) is 12.9. The summed E-state index contributed by atoms with van der Waals surface area (Å²) in [7, 11) is 2.07. The summed E-state index contributed by atoms with van der Waals surface area (Å²) in [6.07, 6.45) is 6.05. The van der Waals surface area contributed by atoms with E-state index < -0.39 is 0 Å². The molecule has 1 heterocycles. The van der Waals surface area contributed by atoms with Crippen molar-refractivity contribution in [3.05, 3.63) is 17.5 Å². The summed E-state index contributed by atoms with van der Waals surface area (Å²) >= 11 is 0. The van der Waals surface area contributed by atoms with Crippen molar-refractivity contribution in [3.63, 3.8) is 0 Å². The van der Waals surface area contributed by atoms with Gasteiger partial charge in [0.1, 0.15) is 0 Å². The van der Waals surface area contributed by atoms with Gasteiger partial charge in [-0.15, -0.1) is 0 Å². The first-order valence-corrected chi connectivity index (χ1v) is 7.67. The molecule has 1 fully saturated rings. The van der Waals surface area contributed by atoms with Crippen molar-refractivity contribution in [2.45, 2.75) is 52.9 Å². The number of nitrogens with two attached hydrogens (primary N) is 1. The zero-order valence-electron chi connectivity index (χ0n) is 12.9. The summed E-state index contributed by atoms with van der Waals surface area (Å²) in [5.74, 6) is 1.40. The van der Waals surface area contributed by atoms with Crippen LogP contribution in [0.2, 0.25) is 0 Å². The van der Waals surface area contributed by atoms with E-state index in [0.717, 1.165) is 19.4 Å². The Kier molecular flexibility index (Phi) is 4.34. The lowest BCUT2D eigenvalue weighted by molar-refractivity contribution is 0.120. The minimum Gasteiger partial charge on any atom is -0.330 e. The van der Waals surface area contributed by atoms with Gasteiger partial charge in [0.2, 0.25) is 0 Å². The third-order valence-corrected chi connectivity index (χ3v) is 4.84. The molecule has 3 heteroatoms. The van der Waals surface area contributed by atoms with Gasteiger partial charge < -0.3 is 5.73 Å². The second-order valence-electron chi connectivity index (χ2n) is 6.97. The van der Waals surface area contributed by atoms with Gasteiger partial charge in [0.05, 0.1) is 5.69 Å². The van der Waals surface area contributed by atoms with Gasteiger partial charge in [-0.05, 0) is 62.0 Å². The number of aromatic nitrogens is 2. The maximum atomic E-state index is 5.98. The highest BCUT2D eigenvalue weighted by Gasteiger charge is 2.34. The van der Waals surface area contributed by atoms with Gasteiger partial charge in [-0.3, -0.25) is 4.68 Å². The van der Waals surface area contributed by atoms with Crippen molar-refractivity contribution in [1.29, 1.82) is 0 Å². The van der Waals surface area contributed by atoms with E-state index in [4.69, 9.17) is 5.73 Å². The summed E-state index contributed by atoms with van der Waals surface area (Å²) in [5, 5.41) is 4.57. The van der Waals surface area contributed by atoms with Crippen LogP contribution < -0.4 is 5.73 Å². The molecule has 0 radical (unpaired) electrons. The van der Waals surface area contributed by atoms with Crippen LogP contribution in [-0.2, 0) is 19.9 Å². The predicted molar refractivity (Wildman–Crippen MR) is 80.0 cm³/mol. The Morgan fingerprint density at radius 1 is 1.42 bits per heavy atom. The highest BCUT2D eigenvalue weighted by atomic mass is 15.3. The Morgan fingerprint density at radius 2 is 2.16 bits per heavy atom. The average molecular weight is 263 g/mol. The monoisotopic (exact) mass is 263 g/mol. The van der Waals surface area contributed by atoms with Crippen LogP contribution >= 0.6 is 0 Å². The van der Waals surface area contributed by atoms with E-state index >= 15 is 0 Å². The molecule has 1 aromatic rings. The molecule has 0 spiro atoms. The van der Waals surface area contributed by atoms with Gasteiger partial charge in [0, 0.05) is 12.7 Å². The number of hydrogen-bond acceptors (Lipinski definition) is 2. The van der Waals surface area contributed by atoms with E-state index in [-0.39, 0.29) is 0 Å². The summed E-state index contributed by atoms with van der Waals surface area (Å²) < 4.78 is 2.06. The molecule has 1 saturated carbocycles. The van der Waals surface area contributed by atoms with Crippen molar-refractivity contribution >= 4 is 0 Å². The molecule has 1 aliphatic rings. The van der Waals surface area contributed by atoms with Crippen LogP contribution in [-0.4, -0.2) is 16.3 Å². The number of hydrogen-bond donors (Lipinski definition) is 1. The molecule has 2 N–H and O–H groups in total. The first kappa shape index (κ1) is 14.6. The molecule has 0 bridgehead atoms. The first-order valence-electron chi connectivity index (χ1n) is 7.67. The van der Waals surface area contributed by atoms with Gasteiger partial charge in [-0.2, -0.15) is 5.10 Å². The van der Waals surface area contributed by atoms with E-state index in [1.165, 1.54) is 30.7 Å². The molecule has 0 amide bonds. The maximum absolute atomic E-state index is 5.98. The van der Waals surface area contributed by atoms with Crippen LogP contribution in [0, 0.1) is 17.3 Å². The standard InChI is InChI=1S/C16H29N3/c1-5-14-9-15(19(4)18-14)8-13-10-16(2,3)7-6-12(13)11-17/h9,12-13H,5-8,10-11,17H2,1-4H3. The molecular formula is C16H29N3. The topological polar surface area (TPSA) is 43.8 Å². The third-order valence-electron chi connectivity index (χ3n) is 4.84. The fraction of sp³-hybridized carbons (Fsp3) is 0.812. The molecule has 2 rings (SSSR count). The minimum atomic E-state index is 0.475. The molecule has 1 aromatic heterocycles. The Hall–Kier alpha value is -0.830. The molecular weight excluding hydrogens is 234 g/mol. The number of nitrogens with zero attached hydrogens (tertiary/aromatic N) is 2. The Morgan fingerprint density at radius 3 is 2.74 bits per heavy atom. The predicted octanol–water partition coefficient (Wildman–Crippen LogP) is 2.93. The summed E-state index contributed by atoms with van der Waals surface area (Å²) in [6, 6.07) is 2.27. The van der Waals surface area contributed by atoms with Crippen LogP contribution in [0.15, 0.2) is 6.07 Å². The second kappa shape index (κ2) is 5.66. The molecule has 0 saturated heterocycles. The van der Waals surface area contributed by atoms with Crippen LogP contribution in [0.5, 0.6) is 0 Å². The fourth-order valence-corrected chi connectivity index (χ4v) is 3.54. The SMILES string of the molecule is CCc1cc(CC2CC(C)(C)CCC2CN)n(C)n1. The third kappa shape index (κ3) is 3.38. The van der Waals surface area contributed by atoms with E-state index in [1.54, 1.807) is 0 Å². The Balaban J connectivity index is 2.12. The summed E-state index contributed by atoms with van der Waals surface area (Å²) in [6.45, 7) is 7.79. The molecule has 19 heavy (non-hydrogen) atoms. The summed E-state index contributed by atoms with van der Waals surface area (Å²) in [5.41, 5.74) is 9.04. The van der Waals surface area contributed by atoms with Crippen LogP contribution in [0.25, 0.3) is 0 Å². The van der Waals surface area contributed by atoms with Crippen molar-refractivity contribution in [2.24, 2.45) is 30.0 Å². The maximum Gasteiger partial charge on any atom is 0.0624 e. The molecule has 2 atom stereocenters. The van der Waals surface area contributed by atoms with Crippen LogP contribution in [0.3, 0.4) is 0 Å². The Labute approximate surface area is 117 Å². The second-order valence-corrected chi connectivity index (χ2v) is 6.97. The molecule has 0 aromatic carbocycles. The van der Waals surface area contributed by atoms with Gasteiger partial charge in [-0.1, -0.05) is 20.8 Å². The summed E-state index contributed by atoms with van der Waals surface area (Å²) in [4.78, 5) is 0. The highest BCUT2D eigenvalue weighted by molar-refractivity contribution is 5.11. The van der Waals surface area contributed by atoms with E-state index in [2.05, 4.69) is 43.7 Å². The van der Waals surface area contributed by atoms with E-state index in [9.17, 15) is 0 Å². The Bertz CT molecular complexity index is 420. The van der Waals surface area contributed by atoms with Crippen molar-refractivity contribution in [2.75, 3.05) is 6.54 Å². The number of rotatable bonds is 4. The normalized spacial score (nSPS) is 26.6. The lowest BCUT2D eigenvalue weighted by Gasteiger charge is -2.40. The zero-order chi connectivity index (χ0) is 14.0. The quantitative estimate of drug-likeness (QED) is 0.907. The van der Waals surface area contributed by atoms with Crippen LogP contribution in [0.1, 0.15) is 51.4 Å². The van der Waals surface area contributed by atoms with Gasteiger partial charge in [0.25, 0.3) is 0 Å². The highest BCUT2D eigenvalue weighted by Crippen LogP contribution is 2.42. The molecule has 108 valence electrons. The largest absolute Gasteiger partial charge is 0.330 e. The fourth-order valence-electron chi connectivity index (χ4n) is 3.54. The van der Waals surface area contributed by atoms with Gasteiger partial charge in [0.15, 0.2) is 0 Å². The molecule has 2 unspecified atom stereocenters. The van der Waals surface area contributed by atoms with Crippen molar-refractivity contribution < 1.29 is 0 Å². The average Bonchev–Trinajstić information content (AvgIpc) is 2.70. The van der Waals surface area contributed by atoms with Gasteiger partial charge in [-0.25, -0.2) is 0 Å². The van der Waals surface area contributed by atoms with Crippen molar-refractivity contribution in [3.8, 4) is 0 Å². The van der Waals surface area contributed by atoms with Gasteiger partial charge >= 0.3 is 0 Å². The number of aryl methyl sites for hydroxylation is 2. The van der Waals surface area contributed by atoms with E-state index in [1.807, 2.05) is 0 Å².